The predicted molar refractivity (Wildman–Crippen MR) is 65.5 cm³/mol. The van der Waals surface area contributed by atoms with Gasteiger partial charge in [-0.15, -0.1) is 0 Å². The minimum atomic E-state index is -2.16. The minimum absolute atomic E-state index is 0.0588. The molecule has 2 unspecified atom stereocenters. The first-order chi connectivity index (χ1) is 7.72. The highest BCUT2D eigenvalue weighted by atomic mass is 32.2. The van der Waals surface area contributed by atoms with Crippen molar-refractivity contribution in [2.75, 3.05) is 0 Å². The van der Waals surface area contributed by atoms with Gasteiger partial charge in [0, 0.05) is 17.3 Å². The van der Waals surface area contributed by atoms with Crippen LogP contribution >= 0.6 is 0 Å². The Hall–Kier alpha value is -0.710. The lowest BCUT2D eigenvalue weighted by Gasteiger charge is -2.19. The molecule has 1 N–H and O–H groups in total. The normalized spacial score (nSPS) is 14.6. The van der Waals surface area contributed by atoms with E-state index in [1.807, 2.05) is 18.2 Å². The molecule has 0 aliphatic rings. The fourth-order valence-corrected chi connectivity index (χ4v) is 2.24. The van der Waals surface area contributed by atoms with E-state index in [0.29, 0.717) is 0 Å². The van der Waals surface area contributed by atoms with E-state index in [-0.39, 0.29) is 6.04 Å². The van der Waals surface area contributed by atoms with E-state index in [1.165, 1.54) is 5.56 Å². The van der Waals surface area contributed by atoms with Crippen LogP contribution in [0.15, 0.2) is 30.3 Å². The van der Waals surface area contributed by atoms with Gasteiger partial charge in [0.15, 0.2) is 0 Å². The molecule has 0 aromatic heterocycles. The van der Waals surface area contributed by atoms with Gasteiger partial charge >= 0.3 is 0 Å². The third-order valence-electron chi connectivity index (χ3n) is 2.52. The van der Waals surface area contributed by atoms with Crippen LogP contribution in [0, 0.1) is 0 Å². The fraction of sp³-hybridized carbons (Fsp3) is 0.500. The van der Waals surface area contributed by atoms with Crippen molar-refractivity contribution in [2.45, 2.75) is 38.6 Å². The zero-order valence-corrected chi connectivity index (χ0v) is 10.3. The van der Waals surface area contributed by atoms with Crippen LogP contribution in [0.25, 0.3) is 0 Å². The monoisotopic (exact) mass is 240 g/mol. The summed E-state index contributed by atoms with van der Waals surface area (Å²) in [5.41, 5.74) is 1.25. The van der Waals surface area contributed by atoms with E-state index < -0.39 is 11.3 Å². The Morgan fingerprint density at radius 3 is 2.56 bits per heavy atom. The van der Waals surface area contributed by atoms with E-state index in [2.05, 4.69) is 23.8 Å². The molecular formula is C12H18NO2S-. The Balaban J connectivity index is 2.40. The molecule has 0 aliphatic heterocycles. The maximum absolute atomic E-state index is 10.6. The van der Waals surface area contributed by atoms with Crippen LogP contribution in [0.4, 0.5) is 0 Å². The van der Waals surface area contributed by atoms with Crippen molar-refractivity contribution in [2.24, 2.45) is 0 Å². The third-order valence-corrected chi connectivity index (χ3v) is 3.05. The molecule has 0 aliphatic carbocycles. The van der Waals surface area contributed by atoms with Crippen LogP contribution < -0.4 is 4.72 Å². The van der Waals surface area contributed by atoms with Crippen molar-refractivity contribution in [3.8, 4) is 0 Å². The Morgan fingerprint density at radius 1 is 1.31 bits per heavy atom. The van der Waals surface area contributed by atoms with Crippen LogP contribution in [0.2, 0.25) is 0 Å². The van der Waals surface area contributed by atoms with Gasteiger partial charge < -0.3 is 4.55 Å². The summed E-state index contributed by atoms with van der Waals surface area (Å²) >= 11 is -2.16. The van der Waals surface area contributed by atoms with Crippen molar-refractivity contribution in [1.29, 1.82) is 0 Å². The second-order valence-electron chi connectivity index (χ2n) is 3.86. The highest BCUT2D eigenvalue weighted by molar-refractivity contribution is 7.77. The number of hydrogen-bond donors (Lipinski definition) is 1. The molecule has 2 atom stereocenters. The molecule has 0 saturated carbocycles. The molecule has 0 fully saturated rings. The van der Waals surface area contributed by atoms with Gasteiger partial charge in [-0.2, -0.15) is 0 Å². The van der Waals surface area contributed by atoms with Crippen molar-refractivity contribution >= 4 is 11.3 Å². The van der Waals surface area contributed by atoms with Crippen LogP contribution in [-0.4, -0.2) is 14.8 Å². The van der Waals surface area contributed by atoms with E-state index in [9.17, 15) is 8.76 Å². The molecule has 1 aromatic carbocycles. The predicted octanol–water partition coefficient (Wildman–Crippen LogP) is 2.17. The lowest BCUT2D eigenvalue weighted by atomic mass is 10.0. The maximum Gasteiger partial charge on any atom is 0.0187 e. The molecule has 16 heavy (non-hydrogen) atoms. The highest BCUT2D eigenvalue weighted by Gasteiger charge is 2.07. The fourth-order valence-electron chi connectivity index (χ4n) is 1.73. The molecular weight excluding hydrogens is 222 g/mol. The molecule has 90 valence electrons. The number of hydrogen-bond acceptors (Lipinski definition) is 2. The largest absolute Gasteiger partial charge is 0.760 e. The highest BCUT2D eigenvalue weighted by Crippen LogP contribution is 2.08. The summed E-state index contributed by atoms with van der Waals surface area (Å²) < 4.78 is 23.7. The van der Waals surface area contributed by atoms with Gasteiger partial charge in [-0.05, 0) is 24.8 Å². The first-order valence-electron chi connectivity index (χ1n) is 5.61. The van der Waals surface area contributed by atoms with Gasteiger partial charge in [-0.1, -0.05) is 43.7 Å². The second-order valence-corrected chi connectivity index (χ2v) is 4.57. The molecule has 3 nitrogen and oxygen atoms in total. The van der Waals surface area contributed by atoms with Crippen molar-refractivity contribution in [3.05, 3.63) is 35.9 Å². The van der Waals surface area contributed by atoms with Gasteiger partial charge in [-0.3, -0.25) is 4.21 Å². The molecule has 0 spiro atoms. The molecule has 4 heteroatoms. The smallest absolute Gasteiger partial charge is 0.0187 e. The van der Waals surface area contributed by atoms with E-state index >= 15 is 0 Å². The summed E-state index contributed by atoms with van der Waals surface area (Å²) in [4.78, 5) is 0. The summed E-state index contributed by atoms with van der Waals surface area (Å²) in [6, 6.07) is 10.2. The Bertz CT molecular complexity index is 316. The molecule has 0 radical (unpaired) electrons. The lowest BCUT2D eigenvalue weighted by molar-refractivity contribution is 0.472. The van der Waals surface area contributed by atoms with Crippen LogP contribution in [0.5, 0.6) is 0 Å². The van der Waals surface area contributed by atoms with Crippen LogP contribution in [0.3, 0.4) is 0 Å². The Labute approximate surface area is 99.7 Å². The zero-order valence-electron chi connectivity index (χ0n) is 9.52. The minimum Gasteiger partial charge on any atom is -0.760 e. The molecule has 1 aromatic rings. The van der Waals surface area contributed by atoms with E-state index in [1.54, 1.807) is 0 Å². The first kappa shape index (κ1) is 13.4. The van der Waals surface area contributed by atoms with Crippen molar-refractivity contribution in [3.63, 3.8) is 0 Å². The van der Waals surface area contributed by atoms with Gasteiger partial charge in [0.05, 0.1) is 0 Å². The summed E-state index contributed by atoms with van der Waals surface area (Å²) in [6.07, 6.45) is 3.64. The van der Waals surface area contributed by atoms with Gasteiger partial charge in [0.25, 0.3) is 0 Å². The maximum atomic E-state index is 10.6. The number of nitrogens with one attached hydrogen (secondary N) is 1. The second kappa shape index (κ2) is 7.54. The van der Waals surface area contributed by atoms with Crippen LogP contribution in [0.1, 0.15) is 31.7 Å². The summed E-state index contributed by atoms with van der Waals surface area (Å²) in [5, 5.41) is 0. The molecule has 0 heterocycles. The molecule has 0 saturated heterocycles. The molecule has 1 rings (SSSR count). The number of aryl methyl sites for hydroxylation is 1. The standard InChI is InChI=1S/C12H19NO2S/c1-2-6-12(13-16(14)15)10-9-11-7-4-3-5-8-11/h3-5,7-8,12-13H,2,6,9-10H2,1H3,(H,14,15)/p-1. The molecule has 0 amide bonds. The summed E-state index contributed by atoms with van der Waals surface area (Å²) in [6.45, 7) is 2.06. The number of benzene rings is 1. The Kier molecular flexibility index (Phi) is 6.30. The van der Waals surface area contributed by atoms with Crippen molar-refractivity contribution in [1.82, 2.24) is 4.72 Å². The third kappa shape index (κ3) is 5.39. The summed E-state index contributed by atoms with van der Waals surface area (Å²) in [5.74, 6) is 0. The average Bonchev–Trinajstić information content (AvgIpc) is 2.27. The van der Waals surface area contributed by atoms with E-state index in [0.717, 1.165) is 25.7 Å². The van der Waals surface area contributed by atoms with Crippen molar-refractivity contribution < 1.29 is 8.76 Å². The average molecular weight is 240 g/mol. The SMILES string of the molecule is CCCC(CCc1ccccc1)NS(=O)[O-]. The first-order valence-corrected chi connectivity index (χ1v) is 6.69. The van der Waals surface area contributed by atoms with Gasteiger partial charge in [0.2, 0.25) is 0 Å². The van der Waals surface area contributed by atoms with Gasteiger partial charge in [-0.25, -0.2) is 4.72 Å². The quantitative estimate of drug-likeness (QED) is 0.743. The topological polar surface area (TPSA) is 52.2 Å². The number of rotatable bonds is 7. The zero-order chi connectivity index (χ0) is 11.8. The molecule has 0 bridgehead atoms. The van der Waals surface area contributed by atoms with Gasteiger partial charge in [0.1, 0.15) is 0 Å². The van der Waals surface area contributed by atoms with E-state index in [4.69, 9.17) is 0 Å². The van der Waals surface area contributed by atoms with Crippen LogP contribution in [-0.2, 0) is 17.7 Å². The Morgan fingerprint density at radius 2 is 2.00 bits per heavy atom. The summed E-state index contributed by atoms with van der Waals surface area (Å²) in [7, 11) is 0. The lowest BCUT2D eigenvalue weighted by Crippen LogP contribution is -2.30.